The normalized spacial score (nSPS) is 10.9. The number of carbonyl (C=O) groups is 1. The lowest BCUT2D eigenvalue weighted by molar-refractivity contribution is -0.384. The molecule has 0 aliphatic heterocycles. The van der Waals surface area contributed by atoms with Crippen LogP contribution in [0.2, 0.25) is 0 Å². The number of non-ortho nitro benzene ring substituents is 1. The van der Waals surface area contributed by atoms with Crippen molar-refractivity contribution in [2.24, 2.45) is 5.10 Å². The minimum Gasteiger partial charge on any atom is -0.497 e. The molecular weight excluding hydrogens is 480 g/mol. The number of benzene rings is 3. The summed E-state index contributed by atoms with van der Waals surface area (Å²) in [6.45, 7) is 2.01. The highest BCUT2D eigenvalue weighted by molar-refractivity contribution is 7.99. The molecule has 36 heavy (non-hydrogen) atoms. The van der Waals surface area contributed by atoms with Gasteiger partial charge in [-0.2, -0.15) is 5.10 Å². The van der Waals surface area contributed by atoms with Crippen LogP contribution < -0.4 is 10.2 Å². The number of rotatable bonds is 9. The number of nitro benzene ring substituents is 1. The fraction of sp³-hybridized carbons (Fsp3) is 0.120. The van der Waals surface area contributed by atoms with Crippen LogP contribution in [0.25, 0.3) is 17.1 Å². The average Bonchev–Trinajstić information content (AvgIpc) is 3.32. The van der Waals surface area contributed by atoms with E-state index in [1.54, 1.807) is 19.2 Å². The Morgan fingerprint density at radius 3 is 2.58 bits per heavy atom. The highest BCUT2D eigenvalue weighted by Crippen LogP contribution is 2.29. The SMILES string of the molecule is COc1ccc(-n2c(SCC(=O)N/N=C\c3cccc([N+](=O)[O-])c3)nnc2-c2ccc(C)cc2)cc1. The predicted octanol–water partition coefficient (Wildman–Crippen LogP) is 4.40. The first-order chi connectivity index (χ1) is 17.4. The summed E-state index contributed by atoms with van der Waals surface area (Å²) in [6, 6.07) is 21.4. The third-order valence-corrected chi connectivity index (χ3v) is 6.02. The molecule has 1 N–H and O–H groups in total. The highest BCUT2D eigenvalue weighted by Gasteiger charge is 2.17. The number of ether oxygens (including phenoxy) is 1. The van der Waals surface area contributed by atoms with Crippen molar-refractivity contribution in [3.05, 3.63) is 94.0 Å². The first-order valence-corrected chi connectivity index (χ1v) is 11.8. The van der Waals surface area contributed by atoms with Gasteiger partial charge in [-0.1, -0.05) is 53.7 Å². The molecule has 1 heterocycles. The zero-order chi connectivity index (χ0) is 25.5. The fourth-order valence-electron chi connectivity index (χ4n) is 3.28. The number of carbonyl (C=O) groups excluding carboxylic acids is 1. The van der Waals surface area contributed by atoms with Gasteiger partial charge in [0.2, 0.25) is 0 Å². The number of hydrogen-bond donors (Lipinski definition) is 1. The maximum absolute atomic E-state index is 12.4. The van der Waals surface area contributed by atoms with Crippen LogP contribution >= 0.6 is 11.8 Å². The molecule has 0 aliphatic rings. The number of hydrogen-bond acceptors (Lipinski definition) is 8. The van der Waals surface area contributed by atoms with Gasteiger partial charge < -0.3 is 4.74 Å². The van der Waals surface area contributed by atoms with E-state index in [1.807, 2.05) is 60.0 Å². The van der Waals surface area contributed by atoms with Gasteiger partial charge in [0.05, 0.1) is 24.0 Å². The summed E-state index contributed by atoms with van der Waals surface area (Å²) in [6.07, 6.45) is 1.35. The monoisotopic (exact) mass is 502 g/mol. The Kier molecular flexibility index (Phi) is 7.71. The van der Waals surface area contributed by atoms with Gasteiger partial charge in [0.25, 0.3) is 11.6 Å². The molecule has 0 spiro atoms. The van der Waals surface area contributed by atoms with E-state index < -0.39 is 4.92 Å². The number of aromatic nitrogens is 3. The topological polar surface area (TPSA) is 125 Å². The van der Waals surface area contributed by atoms with E-state index in [4.69, 9.17) is 4.74 Å². The third-order valence-electron chi connectivity index (χ3n) is 5.09. The number of nitro groups is 1. The van der Waals surface area contributed by atoms with Crippen molar-refractivity contribution in [3.8, 4) is 22.8 Å². The van der Waals surface area contributed by atoms with Gasteiger partial charge in [0.1, 0.15) is 5.75 Å². The Bertz CT molecular complexity index is 1400. The average molecular weight is 503 g/mol. The maximum atomic E-state index is 12.4. The van der Waals surface area contributed by atoms with Crippen LogP contribution in [0.15, 0.2) is 83.1 Å². The summed E-state index contributed by atoms with van der Waals surface area (Å²) in [5, 5.41) is 24.0. The zero-order valence-corrected chi connectivity index (χ0v) is 20.3. The molecule has 0 aliphatic carbocycles. The van der Waals surface area contributed by atoms with Gasteiger partial charge >= 0.3 is 0 Å². The number of thioether (sulfide) groups is 1. The summed E-state index contributed by atoms with van der Waals surface area (Å²) in [5.41, 5.74) is 5.72. The van der Waals surface area contributed by atoms with Crippen molar-refractivity contribution in [3.63, 3.8) is 0 Å². The van der Waals surface area contributed by atoms with Gasteiger partial charge in [-0.25, -0.2) is 5.43 Å². The second-order valence-electron chi connectivity index (χ2n) is 7.64. The molecule has 0 saturated heterocycles. The van der Waals surface area contributed by atoms with E-state index >= 15 is 0 Å². The molecule has 10 nitrogen and oxygen atoms in total. The molecule has 4 rings (SSSR count). The molecule has 0 saturated carbocycles. The number of nitrogens with one attached hydrogen (secondary N) is 1. The summed E-state index contributed by atoms with van der Waals surface area (Å²) >= 11 is 1.21. The van der Waals surface area contributed by atoms with Crippen LogP contribution in [0.1, 0.15) is 11.1 Å². The molecule has 0 unspecified atom stereocenters. The number of aryl methyl sites for hydroxylation is 1. The standard InChI is InChI=1S/C25H22N6O4S/c1-17-6-8-19(9-7-17)24-28-29-25(30(24)20-10-12-22(35-2)13-11-20)36-16-23(32)27-26-15-18-4-3-5-21(14-18)31(33)34/h3-15H,16H2,1-2H3,(H,27,32)/b26-15-. The van der Waals surface area contributed by atoms with Gasteiger partial charge in [0.15, 0.2) is 11.0 Å². The van der Waals surface area contributed by atoms with Crippen LogP contribution in [0.5, 0.6) is 5.75 Å². The van der Waals surface area contributed by atoms with Gasteiger partial charge in [-0.05, 0) is 31.2 Å². The Hall–Kier alpha value is -4.51. The second-order valence-corrected chi connectivity index (χ2v) is 8.58. The molecule has 3 aromatic carbocycles. The minimum atomic E-state index is -0.490. The van der Waals surface area contributed by atoms with E-state index in [2.05, 4.69) is 20.7 Å². The summed E-state index contributed by atoms with van der Waals surface area (Å²) in [5.74, 6) is 1.04. The Balaban J connectivity index is 1.50. The Morgan fingerprint density at radius 1 is 1.14 bits per heavy atom. The number of nitrogens with zero attached hydrogens (tertiary/aromatic N) is 5. The van der Waals surface area contributed by atoms with E-state index in [0.29, 0.717) is 16.5 Å². The summed E-state index contributed by atoms with van der Waals surface area (Å²) in [7, 11) is 1.60. The van der Waals surface area contributed by atoms with Crippen LogP contribution in [0, 0.1) is 17.0 Å². The number of amides is 1. The van der Waals surface area contributed by atoms with Crippen molar-refractivity contribution >= 4 is 29.6 Å². The van der Waals surface area contributed by atoms with E-state index in [-0.39, 0.29) is 17.3 Å². The Labute approximate surface area is 211 Å². The largest absolute Gasteiger partial charge is 0.497 e. The van der Waals surface area contributed by atoms with Crippen molar-refractivity contribution in [2.45, 2.75) is 12.1 Å². The van der Waals surface area contributed by atoms with Crippen molar-refractivity contribution in [1.82, 2.24) is 20.2 Å². The molecule has 0 radical (unpaired) electrons. The van der Waals surface area contributed by atoms with Gasteiger partial charge in [-0.15, -0.1) is 10.2 Å². The van der Waals surface area contributed by atoms with Crippen LogP contribution in [0.3, 0.4) is 0 Å². The molecule has 0 atom stereocenters. The molecule has 182 valence electrons. The number of hydrazone groups is 1. The lowest BCUT2D eigenvalue weighted by Gasteiger charge is -2.11. The minimum absolute atomic E-state index is 0.0362. The molecule has 4 aromatic rings. The number of methoxy groups -OCH3 is 1. The van der Waals surface area contributed by atoms with Crippen molar-refractivity contribution in [1.29, 1.82) is 0 Å². The molecule has 0 fully saturated rings. The highest BCUT2D eigenvalue weighted by atomic mass is 32.2. The fourth-order valence-corrected chi connectivity index (χ4v) is 4.02. The molecule has 1 aromatic heterocycles. The molecule has 1 amide bonds. The van der Waals surface area contributed by atoms with E-state index in [1.165, 1.54) is 30.1 Å². The molecule has 11 heteroatoms. The third kappa shape index (κ3) is 5.94. The first-order valence-electron chi connectivity index (χ1n) is 10.8. The molecular formula is C25H22N6O4S. The lowest BCUT2D eigenvalue weighted by Crippen LogP contribution is -2.20. The smallest absolute Gasteiger partial charge is 0.270 e. The summed E-state index contributed by atoms with van der Waals surface area (Å²) in [4.78, 5) is 22.8. The quantitative estimate of drug-likeness (QED) is 0.156. The second kappa shape index (κ2) is 11.3. The van der Waals surface area contributed by atoms with E-state index in [9.17, 15) is 14.9 Å². The van der Waals surface area contributed by atoms with Crippen LogP contribution in [-0.4, -0.2) is 44.7 Å². The summed E-state index contributed by atoms with van der Waals surface area (Å²) < 4.78 is 7.15. The lowest BCUT2D eigenvalue weighted by atomic mass is 10.1. The van der Waals surface area contributed by atoms with Crippen LogP contribution in [0.4, 0.5) is 5.69 Å². The van der Waals surface area contributed by atoms with Crippen molar-refractivity contribution < 1.29 is 14.5 Å². The van der Waals surface area contributed by atoms with E-state index in [0.717, 1.165) is 22.6 Å². The van der Waals surface area contributed by atoms with Gasteiger partial charge in [0, 0.05) is 28.9 Å². The van der Waals surface area contributed by atoms with Gasteiger partial charge in [-0.3, -0.25) is 19.5 Å². The predicted molar refractivity (Wildman–Crippen MR) is 138 cm³/mol. The Morgan fingerprint density at radius 2 is 1.89 bits per heavy atom. The maximum Gasteiger partial charge on any atom is 0.270 e. The first kappa shape index (κ1) is 24.6. The van der Waals surface area contributed by atoms with Crippen LogP contribution in [-0.2, 0) is 4.79 Å². The zero-order valence-electron chi connectivity index (χ0n) is 19.5. The molecule has 0 bridgehead atoms. The van der Waals surface area contributed by atoms with Crippen molar-refractivity contribution in [2.75, 3.05) is 12.9 Å².